The van der Waals surface area contributed by atoms with E-state index in [0.29, 0.717) is 17.9 Å². The zero-order chi connectivity index (χ0) is 18.4. The van der Waals surface area contributed by atoms with E-state index >= 15 is 0 Å². The van der Waals surface area contributed by atoms with Gasteiger partial charge in [0.2, 0.25) is 0 Å². The summed E-state index contributed by atoms with van der Waals surface area (Å²) in [5.74, 6) is -0.693. The molecule has 6 heteroatoms. The summed E-state index contributed by atoms with van der Waals surface area (Å²) in [6, 6.07) is 10.5. The van der Waals surface area contributed by atoms with Crippen molar-refractivity contribution in [2.45, 2.75) is 33.4 Å². The molecule has 25 heavy (non-hydrogen) atoms. The van der Waals surface area contributed by atoms with Gasteiger partial charge in [-0.3, -0.25) is 14.6 Å². The molecule has 0 bridgehead atoms. The number of carbonyl (C=O) groups is 2. The number of carboxylic acid groups (broad SMARTS) is 1. The predicted molar refractivity (Wildman–Crippen MR) is 93.6 cm³/mol. The number of hydrogen-bond acceptors (Lipinski definition) is 4. The van der Waals surface area contributed by atoms with Crippen LogP contribution in [0.2, 0.25) is 0 Å². The van der Waals surface area contributed by atoms with Crippen LogP contribution in [0, 0.1) is 6.92 Å². The fraction of sp³-hybridized carbons (Fsp3) is 0.316. The van der Waals surface area contributed by atoms with E-state index in [2.05, 4.69) is 4.98 Å². The largest absolute Gasteiger partial charge is 0.487 e. The third-order valence-corrected chi connectivity index (χ3v) is 3.65. The second kappa shape index (κ2) is 8.28. The van der Waals surface area contributed by atoms with Crippen molar-refractivity contribution >= 4 is 11.9 Å². The summed E-state index contributed by atoms with van der Waals surface area (Å²) in [4.78, 5) is 29.1. The number of amides is 1. The third kappa shape index (κ3) is 5.31. The molecule has 0 spiro atoms. The van der Waals surface area contributed by atoms with Gasteiger partial charge in [0, 0.05) is 17.3 Å². The normalized spacial score (nSPS) is 10.6. The monoisotopic (exact) mass is 342 g/mol. The number of ether oxygens (including phenoxy) is 1. The number of hydrogen-bond donors (Lipinski definition) is 1. The molecule has 0 unspecified atom stereocenters. The third-order valence-electron chi connectivity index (χ3n) is 3.65. The van der Waals surface area contributed by atoms with Crippen LogP contribution in [-0.4, -0.2) is 39.5 Å². The number of rotatable bonds is 7. The molecule has 0 aliphatic heterocycles. The molecule has 6 nitrogen and oxygen atoms in total. The van der Waals surface area contributed by atoms with Crippen molar-refractivity contribution in [1.82, 2.24) is 9.88 Å². The minimum Gasteiger partial charge on any atom is -0.487 e. The van der Waals surface area contributed by atoms with Gasteiger partial charge in [0.15, 0.2) is 0 Å². The molecule has 1 amide bonds. The van der Waals surface area contributed by atoms with Crippen LogP contribution in [0.5, 0.6) is 5.75 Å². The lowest BCUT2D eigenvalue weighted by atomic mass is 10.1. The highest BCUT2D eigenvalue weighted by Gasteiger charge is 2.21. The smallest absolute Gasteiger partial charge is 0.323 e. The number of carbonyl (C=O) groups excluding carboxylic acids is 1. The predicted octanol–water partition coefficient (Wildman–Crippen LogP) is 2.90. The van der Waals surface area contributed by atoms with Crippen molar-refractivity contribution in [3.8, 4) is 5.75 Å². The first kappa shape index (κ1) is 18.4. The zero-order valence-electron chi connectivity index (χ0n) is 14.6. The first-order chi connectivity index (χ1) is 11.9. The maximum atomic E-state index is 12.6. The first-order valence-electron chi connectivity index (χ1n) is 8.04. The molecule has 2 rings (SSSR count). The summed E-state index contributed by atoms with van der Waals surface area (Å²) in [7, 11) is 0. The van der Waals surface area contributed by atoms with E-state index in [-0.39, 0.29) is 18.5 Å². The SMILES string of the molecule is Cc1ccc(OCc2cccc(C(=O)N(CC(=O)O)C(C)C)c2)cn1. The number of benzene rings is 1. The summed E-state index contributed by atoms with van der Waals surface area (Å²) in [6.45, 7) is 5.45. The number of pyridine rings is 1. The van der Waals surface area contributed by atoms with Gasteiger partial charge in [0.1, 0.15) is 18.9 Å². The molecule has 0 radical (unpaired) electrons. The zero-order valence-corrected chi connectivity index (χ0v) is 14.6. The Morgan fingerprint density at radius 1 is 1.24 bits per heavy atom. The Hall–Kier alpha value is -2.89. The van der Waals surface area contributed by atoms with Crippen LogP contribution in [0.4, 0.5) is 0 Å². The fourth-order valence-electron chi connectivity index (χ4n) is 2.30. The minimum atomic E-state index is -1.03. The molecule has 2 aromatic rings. The fourth-order valence-corrected chi connectivity index (χ4v) is 2.30. The molecule has 1 N–H and O–H groups in total. The highest BCUT2D eigenvalue weighted by molar-refractivity contribution is 5.96. The van der Waals surface area contributed by atoms with E-state index in [1.54, 1.807) is 38.2 Å². The molecule has 0 saturated carbocycles. The van der Waals surface area contributed by atoms with Gasteiger partial charge < -0.3 is 14.7 Å². The van der Waals surface area contributed by atoms with Gasteiger partial charge in [0.05, 0.1) is 6.20 Å². The lowest BCUT2D eigenvalue weighted by Crippen LogP contribution is -2.40. The Kier molecular flexibility index (Phi) is 6.11. The van der Waals surface area contributed by atoms with Gasteiger partial charge in [-0.2, -0.15) is 0 Å². The molecule has 132 valence electrons. The Labute approximate surface area is 147 Å². The number of carboxylic acids is 1. The highest BCUT2D eigenvalue weighted by Crippen LogP contribution is 2.14. The van der Waals surface area contributed by atoms with Crippen molar-refractivity contribution in [2.75, 3.05) is 6.54 Å². The van der Waals surface area contributed by atoms with E-state index in [1.165, 1.54) is 4.90 Å². The lowest BCUT2D eigenvalue weighted by molar-refractivity contribution is -0.138. The van der Waals surface area contributed by atoms with Crippen LogP contribution in [0.3, 0.4) is 0 Å². The van der Waals surface area contributed by atoms with E-state index in [1.807, 2.05) is 25.1 Å². The molecular formula is C19H22N2O4. The average Bonchev–Trinajstić information content (AvgIpc) is 2.58. The van der Waals surface area contributed by atoms with Crippen LogP contribution in [0.15, 0.2) is 42.6 Å². The molecule has 0 aliphatic rings. The maximum Gasteiger partial charge on any atom is 0.323 e. The van der Waals surface area contributed by atoms with Crippen LogP contribution in [0.1, 0.15) is 35.5 Å². The summed E-state index contributed by atoms with van der Waals surface area (Å²) < 4.78 is 5.67. The van der Waals surface area contributed by atoms with E-state index < -0.39 is 5.97 Å². The van der Waals surface area contributed by atoms with Gasteiger partial charge in [-0.1, -0.05) is 12.1 Å². The van der Waals surface area contributed by atoms with Gasteiger partial charge >= 0.3 is 5.97 Å². The van der Waals surface area contributed by atoms with Crippen molar-refractivity contribution in [3.63, 3.8) is 0 Å². The van der Waals surface area contributed by atoms with Crippen LogP contribution >= 0.6 is 0 Å². The minimum absolute atomic E-state index is 0.206. The molecule has 0 aliphatic carbocycles. The summed E-state index contributed by atoms with van der Waals surface area (Å²) >= 11 is 0. The van der Waals surface area contributed by atoms with Gasteiger partial charge in [-0.05, 0) is 50.6 Å². The van der Waals surface area contributed by atoms with Crippen molar-refractivity contribution in [3.05, 3.63) is 59.4 Å². The van der Waals surface area contributed by atoms with Gasteiger partial charge in [-0.15, -0.1) is 0 Å². The Bertz CT molecular complexity index is 741. The standard InChI is InChI=1S/C19H22N2O4/c1-13(2)21(11-18(22)23)19(24)16-6-4-5-15(9-16)12-25-17-8-7-14(3)20-10-17/h4-10,13H,11-12H2,1-3H3,(H,22,23). The second-order valence-electron chi connectivity index (χ2n) is 6.04. The molecule has 1 aromatic heterocycles. The van der Waals surface area contributed by atoms with E-state index in [9.17, 15) is 9.59 Å². The Morgan fingerprint density at radius 3 is 2.60 bits per heavy atom. The topological polar surface area (TPSA) is 79.7 Å². The molecule has 1 aromatic carbocycles. The van der Waals surface area contributed by atoms with E-state index in [4.69, 9.17) is 9.84 Å². The van der Waals surface area contributed by atoms with Crippen molar-refractivity contribution in [1.29, 1.82) is 0 Å². The van der Waals surface area contributed by atoms with E-state index in [0.717, 1.165) is 11.3 Å². The van der Waals surface area contributed by atoms with Crippen LogP contribution in [0.25, 0.3) is 0 Å². The summed E-state index contributed by atoms with van der Waals surface area (Å²) in [5, 5.41) is 8.99. The Balaban J connectivity index is 2.10. The lowest BCUT2D eigenvalue weighted by Gasteiger charge is -2.25. The van der Waals surface area contributed by atoms with Crippen molar-refractivity contribution < 1.29 is 19.4 Å². The average molecular weight is 342 g/mol. The first-order valence-corrected chi connectivity index (χ1v) is 8.04. The number of aromatic nitrogens is 1. The quantitative estimate of drug-likeness (QED) is 0.837. The molecule has 1 heterocycles. The number of aryl methyl sites for hydroxylation is 1. The van der Waals surface area contributed by atoms with Gasteiger partial charge in [-0.25, -0.2) is 0 Å². The summed E-state index contributed by atoms with van der Waals surface area (Å²) in [5.41, 5.74) is 2.18. The Morgan fingerprint density at radius 2 is 2.00 bits per heavy atom. The van der Waals surface area contributed by atoms with Crippen molar-refractivity contribution in [2.24, 2.45) is 0 Å². The maximum absolute atomic E-state index is 12.6. The second-order valence-corrected chi connectivity index (χ2v) is 6.04. The molecule has 0 atom stereocenters. The molecule has 0 fully saturated rings. The highest BCUT2D eigenvalue weighted by atomic mass is 16.5. The molecule has 0 saturated heterocycles. The summed E-state index contributed by atoms with van der Waals surface area (Å²) in [6.07, 6.45) is 1.65. The van der Waals surface area contributed by atoms with Crippen LogP contribution in [-0.2, 0) is 11.4 Å². The number of aliphatic carboxylic acids is 1. The number of nitrogens with zero attached hydrogens (tertiary/aromatic N) is 2. The van der Waals surface area contributed by atoms with Crippen LogP contribution < -0.4 is 4.74 Å². The van der Waals surface area contributed by atoms with Gasteiger partial charge in [0.25, 0.3) is 5.91 Å². The molecular weight excluding hydrogens is 320 g/mol.